The van der Waals surface area contributed by atoms with Crippen LogP contribution >= 0.6 is 0 Å². The molecule has 1 aromatic carbocycles. The normalized spacial score (nSPS) is 17.1. The number of carbonyl (C=O) groups is 2. The number of benzene rings is 1. The van der Waals surface area contributed by atoms with Gasteiger partial charge in [-0.05, 0) is 25.3 Å². The van der Waals surface area contributed by atoms with E-state index in [1.165, 1.54) is 0 Å². The number of aromatic nitrogens is 2. The zero-order valence-electron chi connectivity index (χ0n) is 13.9. The van der Waals surface area contributed by atoms with Crippen molar-refractivity contribution in [2.24, 2.45) is 7.05 Å². The van der Waals surface area contributed by atoms with Crippen molar-refractivity contribution in [2.45, 2.75) is 32.4 Å². The molecule has 0 saturated carbocycles. The number of likely N-dealkylation sites (tertiary alicyclic amines) is 1. The molecule has 6 nitrogen and oxygen atoms in total. The van der Waals surface area contributed by atoms with Crippen LogP contribution in [0.5, 0.6) is 0 Å². The first-order valence-electron chi connectivity index (χ1n) is 8.08. The number of hydrogen-bond donors (Lipinski definition) is 0. The van der Waals surface area contributed by atoms with E-state index < -0.39 is 6.04 Å². The Morgan fingerprint density at radius 3 is 2.71 bits per heavy atom. The third-order valence-corrected chi connectivity index (χ3v) is 4.48. The van der Waals surface area contributed by atoms with Gasteiger partial charge in [0.1, 0.15) is 12.6 Å². The Bertz CT molecular complexity index is 739. The Balaban J connectivity index is 1.67. The van der Waals surface area contributed by atoms with Crippen LogP contribution in [0.1, 0.15) is 34.5 Å². The minimum Gasteiger partial charge on any atom is -0.459 e. The molecule has 1 aliphatic heterocycles. The van der Waals surface area contributed by atoms with Crippen LogP contribution < -0.4 is 0 Å². The Morgan fingerprint density at radius 1 is 1.29 bits per heavy atom. The molecule has 0 radical (unpaired) electrons. The third kappa shape index (κ3) is 3.18. The van der Waals surface area contributed by atoms with Crippen molar-refractivity contribution >= 4 is 11.9 Å². The first-order chi connectivity index (χ1) is 11.6. The van der Waals surface area contributed by atoms with Gasteiger partial charge in [0.2, 0.25) is 0 Å². The number of amides is 1. The molecule has 0 spiro atoms. The molecule has 2 heterocycles. The zero-order chi connectivity index (χ0) is 17.1. The number of nitrogens with zero attached hydrogens (tertiary/aromatic N) is 3. The number of hydrogen-bond acceptors (Lipinski definition) is 4. The number of ether oxygens (including phenoxy) is 1. The molecule has 126 valence electrons. The smallest absolute Gasteiger partial charge is 0.329 e. The molecule has 24 heavy (non-hydrogen) atoms. The highest BCUT2D eigenvalue weighted by Crippen LogP contribution is 2.22. The molecule has 1 amide bonds. The fourth-order valence-electron chi connectivity index (χ4n) is 2.94. The van der Waals surface area contributed by atoms with Gasteiger partial charge >= 0.3 is 5.97 Å². The van der Waals surface area contributed by atoms with Gasteiger partial charge < -0.3 is 9.64 Å². The van der Waals surface area contributed by atoms with Gasteiger partial charge in [-0.15, -0.1) is 0 Å². The highest BCUT2D eigenvalue weighted by Gasteiger charge is 2.36. The van der Waals surface area contributed by atoms with E-state index in [0.29, 0.717) is 18.5 Å². The fourth-order valence-corrected chi connectivity index (χ4v) is 2.94. The van der Waals surface area contributed by atoms with Crippen molar-refractivity contribution in [3.8, 4) is 0 Å². The first-order valence-corrected chi connectivity index (χ1v) is 8.08. The molecular formula is C18H21N3O3. The lowest BCUT2D eigenvalue weighted by Crippen LogP contribution is -2.41. The minimum absolute atomic E-state index is 0.153. The van der Waals surface area contributed by atoms with Gasteiger partial charge in [-0.1, -0.05) is 30.3 Å². The third-order valence-electron chi connectivity index (χ3n) is 4.48. The van der Waals surface area contributed by atoms with Crippen molar-refractivity contribution < 1.29 is 14.3 Å². The quantitative estimate of drug-likeness (QED) is 0.807. The van der Waals surface area contributed by atoms with Crippen molar-refractivity contribution in [2.75, 3.05) is 6.54 Å². The largest absolute Gasteiger partial charge is 0.459 e. The van der Waals surface area contributed by atoms with Gasteiger partial charge in [-0.25, -0.2) is 4.79 Å². The maximum absolute atomic E-state index is 12.7. The van der Waals surface area contributed by atoms with Crippen molar-refractivity contribution in [1.29, 1.82) is 0 Å². The van der Waals surface area contributed by atoms with Gasteiger partial charge in [0.05, 0.1) is 11.8 Å². The van der Waals surface area contributed by atoms with E-state index in [0.717, 1.165) is 17.7 Å². The van der Waals surface area contributed by atoms with Crippen LogP contribution in [0, 0.1) is 6.92 Å². The molecule has 0 N–H and O–H groups in total. The second kappa shape index (κ2) is 6.86. The summed E-state index contributed by atoms with van der Waals surface area (Å²) in [6.07, 6.45) is 3.00. The lowest BCUT2D eigenvalue weighted by molar-refractivity contribution is -0.149. The summed E-state index contributed by atoms with van der Waals surface area (Å²) in [5, 5.41) is 4.11. The molecule has 1 saturated heterocycles. The van der Waals surface area contributed by atoms with Crippen LogP contribution in [0.15, 0.2) is 36.5 Å². The van der Waals surface area contributed by atoms with Crippen molar-refractivity contribution in [3.63, 3.8) is 0 Å². The SMILES string of the molecule is Cc1c(C(=O)N2CCC[C@@H]2C(=O)OCc2ccccc2)cnn1C. The van der Waals surface area contributed by atoms with Crippen molar-refractivity contribution in [1.82, 2.24) is 14.7 Å². The Hall–Kier alpha value is -2.63. The molecule has 2 aromatic rings. The van der Waals surface area contributed by atoms with E-state index >= 15 is 0 Å². The molecule has 6 heteroatoms. The van der Waals surface area contributed by atoms with Gasteiger partial charge in [0, 0.05) is 19.3 Å². The van der Waals surface area contributed by atoms with Crippen LogP contribution in [0.2, 0.25) is 0 Å². The molecule has 0 bridgehead atoms. The number of esters is 1. The summed E-state index contributed by atoms with van der Waals surface area (Å²) in [7, 11) is 1.79. The molecular weight excluding hydrogens is 306 g/mol. The van der Waals surface area contributed by atoms with Crippen LogP contribution in [0.25, 0.3) is 0 Å². The number of carbonyl (C=O) groups excluding carboxylic acids is 2. The molecule has 1 atom stereocenters. The zero-order valence-corrected chi connectivity index (χ0v) is 13.9. The van der Waals surface area contributed by atoms with E-state index in [4.69, 9.17) is 4.74 Å². The number of rotatable bonds is 4. The van der Waals surface area contributed by atoms with Crippen LogP contribution in [0.3, 0.4) is 0 Å². The molecule has 0 unspecified atom stereocenters. The van der Waals surface area contributed by atoms with Crippen LogP contribution in [-0.2, 0) is 23.2 Å². The summed E-state index contributed by atoms with van der Waals surface area (Å²) in [5.74, 6) is -0.494. The topological polar surface area (TPSA) is 64.4 Å². The highest BCUT2D eigenvalue weighted by molar-refractivity contribution is 5.97. The number of aryl methyl sites for hydroxylation is 1. The summed E-state index contributed by atoms with van der Waals surface area (Å²) in [6, 6.07) is 9.02. The average Bonchev–Trinajstić information content (AvgIpc) is 3.21. The van der Waals surface area contributed by atoms with Gasteiger partial charge in [-0.2, -0.15) is 5.10 Å². The van der Waals surface area contributed by atoms with E-state index in [9.17, 15) is 9.59 Å². The molecule has 3 rings (SSSR count). The lowest BCUT2D eigenvalue weighted by Gasteiger charge is -2.23. The Kier molecular flexibility index (Phi) is 4.64. The van der Waals surface area contributed by atoms with Gasteiger partial charge in [0.15, 0.2) is 0 Å². The van der Waals surface area contributed by atoms with Crippen LogP contribution in [0.4, 0.5) is 0 Å². The molecule has 1 aliphatic rings. The summed E-state index contributed by atoms with van der Waals surface area (Å²) < 4.78 is 7.07. The summed E-state index contributed by atoms with van der Waals surface area (Å²) >= 11 is 0. The summed E-state index contributed by atoms with van der Waals surface area (Å²) in [6.45, 7) is 2.64. The second-order valence-electron chi connectivity index (χ2n) is 6.02. The molecule has 1 aromatic heterocycles. The second-order valence-corrected chi connectivity index (χ2v) is 6.02. The van der Waals surface area contributed by atoms with E-state index in [1.807, 2.05) is 37.3 Å². The van der Waals surface area contributed by atoms with E-state index in [2.05, 4.69) is 5.10 Å². The first kappa shape index (κ1) is 16.2. The van der Waals surface area contributed by atoms with Crippen molar-refractivity contribution in [3.05, 3.63) is 53.3 Å². The summed E-state index contributed by atoms with van der Waals surface area (Å²) in [5.41, 5.74) is 2.27. The Labute approximate surface area is 141 Å². The average molecular weight is 327 g/mol. The Morgan fingerprint density at radius 2 is 2.04 bits per heavy atom. The monoisotopic (exact) mass is 327 g/mol. The molecule has 0 aliphatic carbocycles. The van der Waals surface area contributed by atoms with E-state index in [-0.39, 0.29) is 18.5 Å². The fraction of sp³-hybridized carbons (Fsp3) is 0.389. The maximum Gasteiger partial charge on any atom is 0.329 e. The standard InChI is InChI=1S/C18H21N3O3/c1-13-15(11-19-20(13)2)17(22)21-10-6-9-16(21)18(23)24-12-14-7-4-3-5-8-14/h3-5,7-8,11,16H,6,9-10,12H2,1-2H3/t16-/m1/s1. The molecule has 1 fully saturated rings. The lowest BCUT2D eigenvalue weighted by atomic mass is 10.2. The minimum atomic E-state index is -0.513. The van der Waals surface area contributed by atoms with E-state index in [1.54, 1.807) is 22.8 Å². The van der Waals surface area contributed by atoms with Gasteiger partial charge in [-0.3, -0.25) is 9.48 Å². The van der Waals surface area contributed by atoms with Crippen LogP contribution in [-0.4, -0.2) is 39.1 Å². The maximum atomic E-state index is 12.7. The predicted molar refractivity (Wildman–Crippen MR) is 88.2 cm³/mol. The summed E-state index contributed by atoms with van der Waals surface area (Å²) in [4.78, 5) is 26.8. The predicted octanol–water partition coefficient (Wildman–Crippen LogP) is 2.08. The van der Waals surface area contributed by atoms with Gasteiger partial charge in [0.25, 0.3) is 5.91 Å². The highest BCUT2D eigenvalue weighted by atomic mass is 16.5.